The van der Waals surface area contributed by atoms with Crippen molar-refractivity contribution >= 4 is 0 Å². The van der Waals surface area contributed by atoms with Crippen molar-refractivity contribution < 1.29 is 0 Å². The number of rotatable bonds is 0. The van der Waals surface area contributed by atoms with Gasteiger partial charge in [-0.1, -0.05) is 42.0 Å². The highest BCUT2D eigenvalue weighted by Gasteiger charge is 2.45. The van der Waals surface area contributed by atoms with E-state index in [2.05, 4.69) is 50.2 Å². The van der Waals surface area contributed by atoms with Gasteiger partial charge in [0.1, 0.15) is 0 Å². The lowest BCUT2D eigenvalue weighted by Crippen LogP contribution is -2.22. The fourth-order valence-corrected chi connectivity index (χ4v) is 4.45. The van der Waals surface area contributed by atoms with Crippen molar-refractivity contribution in [2.45, 2.75) is 44.9 Å². The zero-order valence-electron chi connectivity index (χ0n) is 11.8. The van der Waals surface area contributed by atoms with Crippen LogP contribution in [0.3, 0.4) is 0 Å². The molecular formula is C19H20. The van der Waals surface area contributed by atoms with Crippen molar-refractivity contribution in [3.05, 3.63) is 69.8 Å². The molecule has 0 saturated heterocycles. The summed E-state index contributed by atoms with van der Waals surface area (Å²) < 4.78 is 0. The van der Waals surface area contributed by atoms with E-state index < -0.39 is 0 Å². The van der Waals surface area contributed by atoms with Gasteiger partial charge in [0.15, 0.2) is 0 Å². The van der Waals surface area contributed by atoms with Crippen LogP contribution < -0.4 is 0 Å². The van der Waals surface area contributed by atoms with E-state index in [-0.39, 0.29) is 0 Å². The smallest absolute Gasteiger partial charge is 0.0217 e. The van der Waals surface area contributed by atoms with Gasteiger partial charge in [0.25, 0.3) is 0 Å². The lowest BCUT2D eigenvalue weighted by atomic mass is 9.75. The molecule has 0 saturated carbocycles. The van der Waals surface area contributed by atoms with E-state index >= 15 is 0 Å². The van der Waals surface area contributed by atoms with Gasteiger partial charge in [0.2, 0.25) is 0 Å². The van der Waals surface area contributed by atoms with Gasteiger partial charge in [-0.25, -0.2) is 0 Å². The second-order valence-corrected chi connectivity index (χ2v) is 6.35. The molecule has 0 heterocycles. The summed E-state index contributed by atoms with van der Waals surface area (Å²) in [6.07, 6.45) is 5.13. The van der Waals surface area contributed by atoms with Gasteiger partial charge in [0, 0.05) is 5.41 Å². The van der Waals surface area contributed by atoms with E-state index in [0.717, 1.165) is 0 Å². The Kier molecular flexibility index (Phi) is 2.21. The van der Waals surface area contributed by atoms with Crippen LogP contribution in [0.15, 0.2) is 36.4 Å². The monoisotopic (exact) mass is 248 g/mol. The Morgan fingerprint density at radius 1 is 0.895 bits per heavy atom. The normalized spacial score (nSPS) is 23.7. The minimum absolute atomic E-state index is 0.335. The summed E-state index contributed by atoms with van der Waals surface area (Å²) in [7, 11) is 0. The molecule has 19 heavy (non-hydrogen) atoms. The summed E-state index contributed by atoms with van der Waals surface area (Å²) in [5.74, 6) is 0. The molecule has 2 aromatic rings. The Morgan fingerprint density at radius 2 is 1.68 bits per heavy atom. The molecule has 0 radical (unpaired) electrons. The molecule has 0 fully saturated rings. The summed E-state index contributed by atoms with van der Waals surface area (Å²) in [4.78, 5) is 0. The second kappa shape index (κ2) is 3.72. The Balaban J connectivity index is 2.00. The zero-order valence-corrected chi connectivity index (χ0v) is 11.8. The van der Waals surface area contributed by atoms with E-state index in [1.165, 1.54) is 36.8 Å². The maximum atomic E-state index is 2.45. The number of fused-ring (bicyclic) bond motifs is 4. The predicted molar refractivity (Wildman–Crippen MR) is 79.8 cm³/mol. The molecule has 0 bridgehead atoms. The molecule has 0 amide bonds. The standard InChI is InChI=1S/C19H20/c1-13-6-7-15-8-10-19(17(15)12-13)11-9-16-5-3-4-14(2)18(16)19/h3-7,12H,8-11H2,1-2H3. The average molecular weight is 248 g/mol. The highest BCUT2D eigenvalue weighted by atomic mass is 14.5. The quantitative estimate of drug-likeness (QED) is 0.644. The first-order valence-electron chi connectivity index (χ1n) is 7.40. The first kappa shape index (κ1) is 11.3. The van der Waals surface area contributed by atoms with E-state index in [4.69, 9.17) is 0 Å². The van der Waals surface area contributed by atoms with Crippen molar-refractivity contribution in [1.29, 1.82) is 0 Å². The highest BCUT2D eigenvalue weighted by molar-refractivity contribution is 5.56. The maximum absolute atomic E-state index is 2.45. The molecule has 1 atom stereocenters. The Morgan fingerprint density at radius 3 is 2.53 bits per heavy atom. The third kappa shape index (κ3) is 1.40. The number of aryl methyl sites for hydroxylation is 4. The van der Waals surface area contributed by atoms with Crippen LogP contribution in [0.4, 0.5) is 0 Å². The summed E-state index contributed by atoms with van der Waals surface area (Å²) in [6.45, 7) is 4.51. The lowest BCUT2D eigenvalue weighted by molar-refractivity contribution is 0.505. The molecule has 2 aliphatic carbocycles. The molecule has 4 rings (SSSR count). The van der Waals surface area contributed by atoms with Gasteiger partial charge in [-0.2, -0.15) is 0 Å². The SMILES string of the molecule is Cc1ccc2c(c1)C1(CC2)CCc2cccc(C)c21. The van der Waals surface area contributed by atoms with Crippen LogP contribution in [-0.2, 0) is 18.3 Å². The molecule has 0 aromatic heterocycles. The van der Waals surface area contributed by atoms with Crippen molar-refractivity contribution in [3.63, 3.8) is 0 Å². The molecule has 0 heteroatoms. The summed E-state index contributed by atoms with van der Waals surface area (Å²) in [5, 5.41) is 0. The van der Waals surface area contributed by atoms with E-state index in [1.807, 2.05) is 0 Å². The minimum atomic E-state index is 0.335. The van der Waals surface area contributed by atoms with E-state index in [9.17, 15) is 0 Å². The van der Waals surface area contributed by atoms with Crippen LogP contribution in [-0.4, -0.2) is 0 Å². The Labute approximate surface area is 115 Å². The van der Waals surface area contributed by atoms with Crippen LogP contribution >= 0.6 is 0 Å². The van der Waals surface area contributed by atoms with E-state index in [0.29, 0.717) is 5.41 Å². The summed E-state index contributed by atoms with van der Waals surface area (Å²) >= 11 is 0. The molecule has 2 aromatic carbocycles. The van der Waals surface area contributed by atoms with Crippen LogP contribution in [0, 0.1) is 13.8 Å². The van der Waals surface area contributed by atoms with Crippen molar-refractivity contribution in [1.82, 2.24) is 0 Å². The largest absolute Gasteiger partial charge is 0.0617 e. The molecule has 0 nitrogen and oxygen atoms in total. The van der Waals surface area contributed by atoms with Gasteiger partial charge in [0.05, 0.1) is 0 Å². The van der Waals surface area contributed by atoms with Crippen LogP contribution in [0.5, 0.6) is 0 Å². The number of hydrogen-bond acceptors (Lipinski definition) is 0. The third-order valence-corrected chi connectivity index (χ3v) is 5.26. The average Bonchev–Trinajstić information content (AvgIpc) is 2.95. The van der Waals surface area contributed by atoms with Gasteiger partial charge < -0.3 is 0 Å². The lowest BCUT2D eigenvalue weighted by Gasteiger charge is -2.28. The predicted octanol–water partition coefficient (Wildman–Crippen LogP) is 4.48. The molecule has 2 aliphatic rings. The first-order chi connectivity index (χ1) is 9.21. The summed E-state index contributed by atoms with van der Waals surface area (Å²) in [5.41, 5.74) is 9.68. The second-order valence-electron chi connectivity index (χ2n) is 6.35. The topological polar surface area (TPSA) is 0 Å². The molecule has 1 spiro atoms. The van der Waals surface area contributed by atoms with Gasteiger partial charge in [-0.05, 0) is 67.3 Å². The van der Waals surface area contributed by atoms with Crippen LogP contribution in [0.25, 0.3) is 0 Å². The fourth-order valence-electron chi connectivity index (χ4n) is 4.45. The zero-order chi connectivity index (χ0) is 13.0. The minimum Gasteiger partial charge on any atom is -0.0617 e. The molecule has 1 unspecified atom stereocenters. The number of hydrogen-bond donors (Lipinski definition) is 0. The third-order valence-electron chi connectivity index (χ3n) is 5.26. The van der Waals surface area contributed by atoms with Crippen LogP contribution in [0.1, 0.15) is 46.2 Å². The molecule has 96 valence electrons. The van der Waals surface area contributed by atoms with Crippen molar-refractivity contribution in [2.24, 2.45) is 0 Å². The highest BCUT2D eigenvalue weighted by Crippen LogP contribution is 2.53. The molecule has 0 aliphatic heterocycles. The van der Waals surface area contributed by atoms with Crippen molar-refractivity contribution in [3.8, 4) is 0 Å². The van der Waals surface area contributed by atoms with Gasteiger partial charge in [-0.15, -0.1) is 0 Å². The van der Waals surface area contributed by atoms with Crippen molar-refractivity contribution in [2.75, 3.05) is 0 Å². The van der Waals surface area contributed by atoms with Crippen LogP contribution in [0.2, 0.25) is 0 Å². The Hall–Kier alpha value is -1.56. The van der Waals surface area contributed by atoms with Gasteiger partial charge in [-0.3, -0.25) is 0 Å². The molecular weight excluding hydrogens is 228 g/mol. The van der Waals surface area contributed by atoms with E-state index in [1.54, 1.807) is 22.3 Å². The first-order valence-corrected chi connectivity index (χ1v) is 7.40. The fraction of sp³-hybridized carbons (Fsp3) is 0.368. The number of benzene rings is 2. The molecule has 0 N–H and O–H groups in total. The van der Waals surface area contributed by atoms with Gasteiger partial charge >= 0.3 is 0 Å². The maximum Gasteiger partial charge on any atom is 0.0217 e. The summed E-state index contributed by atoms with van der Waals surface area (Å²) in [6, 6.07) is 13.9. The Bertz CT molecular complexity index is 662.